The van der Waals surface area contributed by atoms with Crippen LogP contribution < -0.4 is 15.7 Å². The molecule has 0 amide bonds. The molecule has 0 spiro atoms. The summed E-state index contributed by atoms with van der Waals surface area (Å²) in [6.45, 7) is -0.464. The molecule has 0 aliphatic heterocycles. The molecule has 0 radical (unpaired) electrons. The number of hydrogen-bond acceptors (Lipinski definition) is 9. The third-order valence-electron chi connectivity index (χ3n) is 6.84. The van der Waals surface area contributed by atoms with E-state index in [1.54, 1.807) is 7.05 Å². The Kier molecular flexibility index (Phi) is 11.7. The van der Waals surface area contributed by atoms with Crippen LogP contribution in [0.25, 0.3) is 0 Å². The number of carbonyl (C=O) groups is 1. The van der Waals surface area contributed by atoms with Crippen LogP contribution in [0.4, 0.5) is 22.0 Å². The van der Waals surface area contributed by atoms with Crippen LogP contribution in [0.2, 0.25) is 0 Å². The van der Waals surface area contributed by atoms with Gasteiger partial charge in [0.2, 0.25) is 5.60 Å². The highest BCUT2D eigenvalue weighted by Crippen LogP contribution is 2.49. The van der Waals surface area contributed by atoms with E-state index in [2.05, 4.69) is 48.0 Å². The zero-order valence-corrected chi connectivity index (χ0v) is 25.0. The van der Waals surface area contributed by atoms with Crippen LogP contribution in [0.1, 0.15) is 41.6 Å². The molecule has 46 heavy (non-hydrogen) atoms. The van der Waals surface area contributed by atoms with Crippen LogP contribution in [0.5, 0.6) is 0 Å². The summed E-state index contributed by atoms with van der Waals surface area (Å²) in [5.41, 5.74) is 1.32. The van der Waals surface area contributed by atoms with Crippen molar-refractivity contribution in [2.75, 3.05) is 13.6 Å². The van der Waals surface area contributed by atoms with Crippen molar-refractivity contribution in [3.05, 3.63) is 107 Å². The summed E-state index contributed by atoms with van der Waals surface area (Å²) in [4.78, 5) is 19.6. The SMILES string of the molecule is CNNCCCC[C@H](NCl)C(=O)OC(Cn1cnnn1)(c1ccc(F)cc1F)C(F)(F)c1ccc(C#Cc2ccc(F)cc2)cn1. The van der Waals surface area contributed by atoms with Gasteiger partial charge in [-0.1, -0.05) is 11.8 Å². The van der Waals surface area contributed by atoms with Crippen LogP contribution in [-0.2, 0) is 27.6 Å². The molecule has 0 fully saturated rings. The Morgan fingerprint density at radius 1 is 1.02 bits per heavy atom. The summed E-state index contributed by atoms with van der Waals surface area (Å²) >= 11 is 5.83. The highest BCUT2D eigenvalue weighted by molar-refractivity contribution is 6.14. The van der Waals surface area contributed by atoms with E-state index in [4.69, 9.17) is 16.5 Å². The number of nitrogens with zero attached hydrogens (tertiary/aromatic N) is 5. The number of nitrogens with one attached hydrogen (secondary N) is 3. The van der Waals surface area contributed by atoms with E-state index < -0.39 is 58.8 Å². The molecule has 10 nitrogen and oxygen atoms in total. The van der Waals surface area contributed by atoms with E-state index in [1.807, 2.05) is 0 Å². The lowest BCUT2D eigenvalue weighted by atomic mass is 9.83. The maximum absolute atomic E-state index is 17.0. The molecule has 2 heterocycles. The van der Waals surface area contributed by atoms with Gasteiger partial charge in [-0.05, 0) is 97.0 Å². The Bertz CT molecular complexity index is 1650. The molecule has 0 saturated heterocycles. The van der Waals surface area contributed by atoms with Crippen molar-refractivity contribution in [2.45, 2.75) is 43.4 Å². The average Bonchev–Trinajstić information content (AvgIpc) is 3.55. The lowest BCUT2D eigenvalue weighted by Gasteiger charge is -2.40. The number of aromatic nitrogens is 5. The van der Waals surface area contributed by atoms with Crippen LogP contribution in [0.15, 0.2) is 67.1 Å². The van der Waals surface area contributed by atoms with Gasteiger partial charge in [0.25, 0.3) is 0 Å². The van der Waals surface area contributed by atoms with Crippen LogP contribution in [0, 0.1) is 29.3 Å². The number of hydrogen-bond donors (Lipinski definition) is 3. The molecule has 3 N–H and O–H groups in total. The second-order valence-corrected chi connectivity index (χ2v) is 10.2. The molecule has 0 saturated carbocycles. The van der Waals surface area contributed by atoms with Gasteiger partial charge in [-0.15, -0.1) is 5.10 Å². The van der Waals surface area contributed by atoms with Gasteiger partial charge in [-0.3, -0.25) is 20.6 Å². The van der Waals surface area contributed by atoms with Crippen LogP contribution in [-0.4, -0.2) is 50.8 Å². The summed E-state index contributed by atoms with van der Waals surface area (Å²) in [6.07, 6.45) is 3.10. The van der Waals surface area contributed by atoms with Crippen molar-refractivity contribution < 1.29 is 31.5 Å². The summed E-state index contributed by atoms with van der Waals surface area (Å²) in [5.74, 6) is -2.94. The maximum Gasteiger partial charge on any atom is 0.334 e. The molecular formula is C30H28ClF5N8O2. The molecule has 16 heteroatoms. The van der Waals surface area contributed by atoms with E-state index >= 15 is 13.2 Å². The zero-order valence-electron chi connectivity index (χ0n) is 24.3. The predicted molar refractivity (Wildman–Crippen MR) is 156 cm³/mol. The Morgan fingerprint density at radius 3 is 2.37 bits per heavy atom. The summed E-state index contributed by atoms with van der Waals surface area (Å²) in [6, 6.07) is 8.11. The number of halogens is 6. The fraction of sp³-hybridized carbons (Fsp3) is 0.300. The first-order valence-electron chi connectivity index (χ1n) is 13.9. The minimum atomic E-state index is -4.29. The van der Waals surface area contributed by atoms with Gasteiger partial charge in [-0.25, -0.2) is 22.7 Å². The van der Waals surface area contributed by atoms with Crippen molar-refractivity contribution >= 4 is 17.7 Å². The smallest absolute Gasteiger partial charge is 0.334 e. The van der Waals surface area contributed by atoms with E-state index in [9.17, 15) is 13.6 Å². The van der Waals surface area contributed by atoms with Gasteiger partial charge < -0.3 is 4.74 Å². The largest absolute Gasteiger partial charge is 0.444 e. The highest BCUT2D eigenvalue weighted by atomic mass is 35.5. The lowest BCUT2D eigenvalue weighted by Crippen LogP contribution is -2.53. The zero-order chi connectivity index (χ0) is 33.2. The Labute approximate surface area is 265 Å². The predicted octanol–water partition coefficient (Wildman–Crippen LogP) is 4.12. The molecule has 0 aliphatic carbocycles. The molecule has 4 rings (SSSR count). The number of tetrazole rings is 1. The number of pyridine rings is 1. The van der Waals surface area contributed by atoms with Crippen molar-refractivity contribution in [1.82, 2.24) is 40.9 Å². The number of unbranched alkanes of at least 4 members (excludes halogenated alkanes) is 1. The van der Waals surface area contributed by atoms with Gasteiger partial charge in [0.15, 0.2) is 0 Å². The van der Waals surface area contributed by atoms with E-state index in [0.29, 0.717) is 31.0 Å². The number of benzene rings is 2. The minimum Gasteiger partial charge on any atom is -0.444 e. The third-order valence-corrected chi connectivity index (χ3v) is 7.11. The van der Waals surface area contributed by atoms with Crippen LogP contribution >= 0.6 is 11.8 Å². The Balaban J connectivity index is 1.77. The summed E-state index contributed by atoms with van der Waals surface area (Å²) in [7, 11) is 1.68. The van der Waals surface area contributed by atoms with Gasteiger partial charge >= 0.3 is 11.9 Å². The van der Waals surface area contributed by atoms with E-state index in [1.165, 1.54) is 30.3 Å². The fourth-order valence-electron chi connectivity index (χ4n) is 4.49. The number of esters is 1. The highest BCUT2D eigenvalue weighted by Gasteiger charge is 2.62. The molecule has 2 aromatic heterocycles. The molecular weight excluding hydrogens is 635 g/mol. The van der Waals surface area contributed by atoms with E-state index in [-0.39, 0.29) is 12.0 Å². The summed E-state index contributed by atoms with van der Waals surface area (Å²) < 4.78 is 83.0. The van der Waals surface area contributed by atoms with Gasteiger partial charge in [-0.2, -0.15) is 8.78 Å². The first-order valence-corrected chi connectivity index (χ1v) is 14.2. The average molecular weight is 663 g/mol. The Hall–Kier alpha value is -4.49. The summed E-state index contributed by atoms with van der Waals surface area (Å²) in [5, 5.41) is 10.5. The molecule has 2 aromatic carbocycles. The quantitative estimate of drug-likeness (QED) is 0.0458. The lowest BCUT2D eigenvalue weighted by molar-refractivity contribution is -0.233. The molecule has 1 unspecified atom stereocenters. The molecule has 4 aromatic rings. The topological polar surface area (TPSA) is 119 Å². The van der Waals surface area contributed by atoms with E-state index in [0.717, 1.165) is 35.4 Å². The van der Waals surface area contributed by atoms with Crippen molar-refractivity contribution in [3.63, 3.8) is 0 Å². The van der Waals surface area contributed by atoms with Gasteiger partial charge in [0.1, 0.15) is 35.5 Å². The second kappa shape index (κ2) is 15.7. The number of carbonyl (C=O) groups excluding carboxylic acids is 1. The number of hydrazine groups is 1. The van der Waals surface area contributed by atoms with Crippen molar-refractivity contribution in [3.8, 4) is 11.8 Å². The first kappa shape index (κ1) is 34.4. The minimum absolute atomic E-state index is 0.0752. The molecule has 242 valence electrons. The standard InChI is InChI=1S/C30H28ClF5N8O2/c1-37-39-15-3-2-4-26(41-31)28(45)46-29(18-44-19-40-42-43-44,24-13-12-23(33)16-25(24)34)30(35,36)27-14-9-21(17-38-27)6-5-20-7-10-22(32)11-8-20/h7-14,16-17,19,26,37,39,41H,2-4,15,18H2,1H3/t26-,29?/m0/s1. The van der Waals surface area contributed by atoms with Gasteiger partial charge in [0.05, 0.1) is 6.54 Å². The number of rotatable bonds is 14. The maximum atomic E-state index is 17.0. The first-order chi connectivity index (χ1) is 22.1. The van der Waals surface area contributed by atoms with Gasteiger partial charge in [0, 0.05) is 35.5 Å². The van der Waals surface area contributed by atoms with Crippen molar-refractivity contribution in [2.24, 2.45) is 0 Å². The third kappa shape index (κ3) is 8.20. The fourth-order valence-corrected chi connectivity index (χ4v) is 4.69. The monoisotopic (exact) mass is 662 g/mol. The Morgan fingerprint density at radius 2 is 1.74 bits per heavy atom. The molecule has 0 bridgehead atoms. The number of ether oxygens (including phenoxy) is 1. The number of alkyl halides is 2. The molecule has 0 aliphatic rings. The second-order valence-electron chi connectivity index (χ2n) is 9.98. The van der Waals surface area contributed by atoms with Crippen molar-refractivity contribution in [1.29, 1.82) is 0 Å². The normalized spacial score (nSPS) is 13.4. The van der Waals surface area contributed by atoms with Crippen LogP contribution in [0.3, 0.4) is 0 Å². The molecule has 2 atom stereocenters.